The Balaban J connectivity index is 4.38. The molecule has 0 aromatic rings. The van der Waals surface area contributed by atoms with Gasteiger partial charge in [0.15, 0.2) is 6.29 Å². The molecule has 6 nitrogen and oxygen atoms in total. The monoisotopic (exact) mass is 244 g/mol. The Bertz CT molecular complexity index is 254. The summed E-state index contributed by atoms with van der Waals surface area (Å²) in [6, 6.07) is 1.33. The van der Waals surface area contributed by atoms with Crippen molar-refractivity contribution in [1.82, 2.24) is 0 Å². The van der Waals surface area contributed by atoms with Crippen LogP contribution in [0.4, 0.5) is 0 Å². The summed E-state index contributed by atoms with van der Waals surface area (Å²) in [5, 5.41) is 30.5. The second-order valence-electron chi connectivity index (χ2n) is 4.04. The lowest BCUT2D eigenvalue weighted by Crippen LogP contribution is -2.27. The maximum Gasteiger partial charge on any atom is 0.158 e. The molecule has 0 saturated carbocycles. The summed E-state index contributed by atoms with van der Waals surface area (Å²) in [5.74, 6) is -0.461. The summed E-state index contributed by atoms with van der Waals surface area (Å²) in [6.45, 7) is 1.81. The van der Waals surface area contributed by atoms with Crippen LogP contribution in [0.2, 0.25) is 0 Å². The van der Waals surface area contributed by atoms with Gasteiger partial charge in [-0.3, -0.25) is 0 Å². The van der Waals surface area contributed by atoms with Crippen molar-refractivity contribution in [3.05, 3.63) is 4.91 Å². The first-order valence-electron chi connectivity index (χ1n) is 5.67. The lowest BCUT2D eigenvalue weighted by atomic mass is 9.93. The van der Waals surface area contributed by atoms with Crippen LogP contribution in [0, 0.1) is 22.2 Å². The predicted molar refractivity (Wildman–Crippen MR) is 61.9 cm³/mol. The van der Waals surface area contributed by atoms with Gasteiger partial charge in [-0.1, -0.05) is 12.1 Å². The molecule has 0 aliphatic rings. The molecule has 0 aromatic carbocycles. The molecular formula is C11H20N2O4. The van der Waals surface area contributed by atoms with Crippen molar-refractivity contribution in [3.8, 4) is 6.07 Å². The van der Waals surface area contributed by atoms with Gasteiger partial charge in [0.1, 0.15) is 0 Å². The molecular weight excluding hydrogens is 224 g/mol. The van der Waals surface area contributed by atoms with Crippen LogP contribution in [0.1, 0.15) is 32.6 Å². The molecule has 0 unspecified atom stereocenters. The van der Waals surface area contributed by atoms with Gasteiger partial charge in [-0.2, -0.15) is 10.2 Å². The Morgan fingerprint density at radius 3 is 2.47 bits per heavy atom. The van der Waals surface area contributed by atoms with Crippen molar-refractivity contribution in [2.75, 3.05) is 7.11 Å². The van der Waals surface area contributed by atoms with Gasteiger partial charge in [0.2, 0.25) is 0 Å². The number of aliphatic hydroxyl groups excluding tert-OH is 2. The number of ether oxygens (including phenoxy) is 1. The van der Waals surface area contributed by atoms with Crippen LogP contribution < -0.4 is 0 Å². The summed E-state index contributed by atoms with van der Waals surface area (Å²) >= 11 is 0. The zero-order valence-electron chi connectivity index (χ0n) is 10.2. The van der Waals surface area contributed by atoms with Crippen LogP contribution in [0.15, 0.2) is 5.18 Å². The van der Waals surface area contributed by atoms with E-state index in [9.17, 15) is 15.1 Å². The Morgan fingerprint density at radius 2 is 2.06 bits per heavy atom. The molecule has 2 N–H and O–H groups in total. The number of hydrogen-bond donors (Lipinski definition) is 2. The first-order chi connectivity index (χ1) is 8.08. The highest BCUT2D eigenvalue weighted by atomic mass is 16.6. The number of aliphatic hydroxyl groups is 2. The topological polar surface area (TPSA) is 103 Å². The minimum Gasteiger partial charge on any atom is -0.393 e. The molecule has 0 aromatic heterocycles. The molecule has 0 amide bonds. The first-order valence-corrected chi connectivity index (χ1v) is 5.67. The number of nitriles is 1. The summed E-state index contributed by atoms with van der Waals surface area (Å²) < 4.78 is 4.74. The Morgan fingerprint density at radius 1 is 1.41 bits per heavy atom. The van der Waals surface area contributed by atoms with Crippen LogP contribution in [-0.4, -0.2) is 35.8 Å². The number of hydrogen-bond acceptors (Lipinski definition) is 6. The van der Waals surface area contributed by atoms with Gasteiger partial charge in [-0.15, -0.1) is 0 Å². The fourth-order valence-corrected chi connectivity index (χ4v) is 1.62. The van der Waals surface area contributed by atoms with Gasteiger partial charge < -0.3 is 14.9 Å². The first kappa shape index (κ1) is 16.0. The molecule has 0 saturated heterocycles. The Hall–Kier alpha value is -1.03. The van der Waals surface area contributed by atoms with E-state index in [1.807, 2.05) is 13.0 Å². The van der Waals surface area contributed by atoms with Crippen molar-refractivity contribution in [3.63, 3.8) is 0 Å². The number of nitrogens with zero attached hydrogens (tertiary/aromatic N) is 2. The van der Waals surface area contributed by atoms with Crippen molar-refractivity contribution in [2.45, 2.75) is 51.0 Å². The summed E-state index contributed by atoms with van der Waals surface area (Å²) in [4.78, 5) is 10.6. The van der Waals surface area contributed by atoms with Gasteiger partial charge in [-0.05, 0) is 19.3 Å². The van der Waals surface area contributed by atoms with Crippen molar-refractivity contribution in [2.24, 2.45) is 11.1 Å². The van der Waals surface area contributed by atoms with E-state index in [0.29, 0.717) is 6.42 Å². The zero-order chi connectivity index (χ0) is 13.3. The molecule has 0 fully saturated rings. The second kappa shape index (κ2) is 9.05. The largest absolute Gasteiger partial charge is 0.393 e. The zero-order valence-corrected chi connectivity index (χ0v) is 10.2. The molecule has 17 heavy (non-hydrogen) atoms. The maximum absolute atomic E-state index is 10.6. The third-order valence-corrected chi connectivity index (χ3v) is 2.74. The van der Waals surface area contributed by atoms with E-state index in [1.165, 1.54) is 7.11 Å². The van der Waals surface area contributed by atoms with Crippen LogP contribution in [-0.2, 0) is 4.74 Å². The SMILES string of the molecule is CC[C@H](O)C[C@H](C[C@H](CC#N)[C@H](O)OC)N=O. The normalized spacial score (nSPS) is 17.8. The molecule has 98 valence electrons. The number of nitroso groups, excluding NO2 is 1. The van der Waals surface area contributed by atoms with Gasteiger partial charge in [0, 0.05) is 19.4 Å². The van der Waals surface area contributed by atoms with Crippen LogP contribution in [0.5, 0.6) is 0 Å². The molecule has 0 heterocycles. The summed E-state index contributed by atoms with van der Waals surface area (Å²) in [7, 11) is 1.33. The average molecular weight is 244 g/mol. The van der Waals surface area contributed by atoms with E-state index in [4.69, 9.17) is 10.00 Å². The molecule has 0 aliphatic heterocycles. The molecule has 0 radical (unpaired) electrons. The van der Waals surface area contributed by atoms with E-state index >= 15 is 0 Å². The van der Waals surface area contributed by atoms with E-state index in [1.54, 1.807) is 0 Å². The fourth-order valence-electron chi connectivity index (χ4n) is 1.62. The van der Waals surface area contributed by atoms with Crippen molar-refractivity contribution in [1.29, 1.82) is 5.26 Å². The third kappa shape index (κ3) is 6.31. The van der Waals surface area contributed by atoms with E-state index in [-0.39, 0.29) is 19.3 Å². The van der Waals surface area contributed by atoms with E-state index < -0.39 is 24.4 Å². The highest BCUT2D eigenvalue weighted by molar-refractivity contribution is 4.82. The van der Waals surface area contributed by atoms with Gasteiger partial charge in [0.25, 0.3) is 0 Å². The minimum absolute atomic E-state index is 0.0866. The second-order valence-corrected chi connectivity index (χ2v) is 4.04. The van der Waals surface area contributed by atoms with Crippen LogP contribution in [0.3, 0.4) is 0 Å². The maximum atomic E-state index is 10.6. The van der Waals surface area contributed by atoms with Crippen LogP contribution in [0.25, 0.3) is 0 Å². The minimum atomic E-state index is -1.09. The number of methoxy groups -OCH3 is 1. The average Bonchev–Trinajstić information content (AvgIpc) is 2.35. The Kier molecular flexibility index (Phi) is 8.50. The molecule has 0 aliphatic carbocycles. The fraction of sp³-hybridized carbons (Fsp3) is 0.909. The van der Waals surface area contributed by atoms with Gasteiger partial charge >= 0.3 is 0 Å². The standard InChI is InChI=1S/C11H20N2O4/c1-3-10(14)7-9(13-16)6-8(4-5-12)11(15)17-2/h8-11,14-15H,3-4,6-7H2,1-2H3/t8-,9-,10-,11+/m0/s1. The van der Waals surface area contributed by atoms with Gasteiger partial charge in [-0.25, -0.2) is 0 Å². The smallest absolute Gasteiger partial charge is 0.158 e. The lowest BCUT2D eigenvalue weighted by molar-refractivity contribution is -0.114. The predicted octanol–water partition coefficient (Wildman–Crippen LogP) is 1.17. The van der Waals surface area contributed by atoms with Crippen LogP contribution >= 0.6 is 0 Å². The number of rotatable bonds is 9. The van der Waals surface area contributed by atoms with E-state index in [0.717, 1.165) is 0 Å². The molecule has 6 heteroatoms. The quantitative estimate of drug-likeness (QED) is 0.468. The molecule has 4 atom stereocenters. The van der Waals surface area contributed by atoms with E-state index in [2.05, 4.69) is 5.18 Å². The summed E-state index contributed by atoms with van der Waals surface area (Å²) in [6.07, 6.45) is -0.551. The Labute approximate surface area is 101 Å². The third-order valence-electron chi connectivity index (χ3n) is 2.74. The highest BCUT2D eigenvalue weighted by Gasteiger charge is 2.25. The van der Waals surface area contributed by atoms with Gasteiger partial charge in [0.05, 0.1) is 18.2 Å². The lowest BCUT2D eigenvalue weighted by Gasteiger charge is -2.22. The highest BCUT2D eigenvalue weighted by Crippen LogP contribution is 2.21. The van der Waals surface area contributed by atoms with Crippen molar-refractivity contribution >= 4 is 0 Å². The molecule has 0 rings (SSSR count). The molecule has 0 bridgehead atoms. The molecule has 0 spiro atoms. The summed E-state index contributed by atoms with van der Waals surface area (Å²) in [5.41, 5.74) is 0. The van der Waals surface area contributed by atoms with Crippen molar-refractivity contribution < 1.29 is 14.9 Å².